The van der Waals surface area contributed by atoms with Crippen LogP contribution in [0, 0.1) is 0 Å². The smallest absolute Gasteiger partial charge is 0.268 e. The van der Waals surface area contributed by atoms with Crippen LogP contribution in [0.2, 0.25) is 0 Å². The lowest BCUT2D eigenvalue weighted by Gasteiger charge is -2.30. The number of phosphoric ester groups is 1. The zero-order chi connectivity index (χ0) is 49.2. The average Bonchev–Trinajstić information content (AvgIpc) is 3.29. The number of hydrogen-bond acceptors (Lipinski definition) is 6. The number of quaternary nitrogens is 1. The Morgan fingerprint density at radius 1 is 0.507 bits per heavy atom. The lowest BCUT2D eigenvalue weighted by molar-refractivity contribution is -0.870. The number of unbranched alkanes of at least 4 members (excludes halogenated alkanes) is 40. The van der Waals surface area contributed by atoms with E-state index >= 15 is 0 Å². The number of likely N-dealkylation sites (N-methyl/N-ethyl adjacent to an activating group) is 1. The van der Waals surface area contributed by atoms with Gasteiger partial charge in [0.25, 0.3) is 7.82 Å². The molecule has 0 bridgehead atoms. The first kappa shape index (κ1) is 66.2. The van der Waals surface area contributed by atoms with Crippen LogP contribution >= 0.6 is 7.82 Å². The van der Waals surface area contributed by atoms with Crippen molar-refractivity contribution in [3.8, 4) is 0 Å². The van der Waals surface area contributed by atoms with E-state index in [4.69, 9.17) is 9.05 Å². The van der Waals surface area contributed by atoms with E-state index in [0.29, 0.717) is 23.9 Å². The summed E-state index contributed by atoms with van der Waals surface area (Å²) in [5.74, 6) is -0.159. The third-order valence-corrected chi connectivity index (χ3v) is 14.7. The van der Waals surface area contributed by atoms with Crippen LogP contribution in [0.4, 0.5) is 0 Å². The molecular formula is C58H117N2O6P. The Morgan fingerprint density at radius 3 is 1.16 bits per heavy atom. The van der Waals surface area contributed by atoms with Crippen LogP contribution in [0.5, 0.6) is 0 Å². The second-order valence-corrected chi connectivity index (χ2v) is 23.1. The van der Waals surface area contributed by atoms with Crippen LogP contribution < -0.4 is 10.2 Å². The maximum atomic E-state index is 13.0. The lowest BCUT2D eigenvalue weighted by Crippen LogP contribution is -2.46. The van der Waals surface area contributed by atoms with Gasteiger partial charge in [0.15, 0.2) is 0 Å². The van der Waals surface area contributed by atoms with Crippen LogP contribution in [0.1, 0.15) is 303 Å². The number of aliphatic hydroxyl groups excluding tert-OH is 1. The molecule has 0 aliphatic carbocycles. The van der Waals surface area contributed by atoms with Crippen LogP contribution in [0.25, 0.3) is 0 Å². The maximum Gasteiger partial charge on any atom is 0.268 e. The zero-order valence-electron chi connectivity index (χ0n) is 45.6. The molecular weight excluding hydrogens is 852 g/mol. The van der Waals surface area contributed by atoms with Gasteiger partial charge in [-0.25, -0.2) is 0 Å². The van der Waals surface area contributed by atoms with E-state index < -0.39 is 20.0 Å². The largest absolute Gasteiger partial charge is 0.756 e. The van der Waals surface area contributed by atoms with Crippen molar-refractivity contribution in [3.05, 3.63) is 12.2 Å². The van der Waals surface area contributed by atoms with E-state index in [1.165, 1.54) is 238 Å². The van der Waals surface area contributed by atoms with Gasteiger partial charge in [0.1, 0.15) is 13.2 Å². The third kappa shape index (κ3) is 52.9. The number of carbonyl (C=O) groups is 1. The molecule has 0 heterocycles. The summed E-state index contributed by atoms with van der Waals surface area (Å²) in [7, 11) is 1.32. The van der Waals surface area contributed by atoms with Gasteiger partial charge in [-0.05, 0) is 38.5 Å². The predicted octanol–water partition coefficient (Wildman–Crippen LogP) is 17.2. The van der Waals surface area contributed by atoms with Crippen molar-refractivity contribution in [2.75, 3.05) is 40.9 Å². The summed E-state index contributed by atoms with van der Waals surface area (Å²) in [5.41, 5.74) is 0. The van der Waals surface area contributed by atoms with Gasteiger partial charge in [0, 0.05) is 6.42 Å². The van der Waals surface area contributed by atoms with E-state index in [1.54, 1.807) is 0 Å². The van der Waals surface area contributed by atoms with Crippen molar-refractivity contribution in [1.29, 1.82) is 0 Å². The number of phosphoric acid groups is 1. The minimum atomic E-state index is -4.57. The van der Waals surface area contributed by atoms with Gasteiger partial charge >= 0.3 is 0 Å². The summed E-state index contributed by atoms with van der Waals surface area (Å²) in [6.45, 7) is 4.76. The molecule has 9 heteroatoms. The molecule has 0 radical (unpaired) electrons. The molecule has 0 aromatic heterocycles. The van der Waals surface area contributed by atoms with Crippen molar-refractivity contribution < 1.29 is 32.9 Å². The first-order valence-corrected chi connectivity index (χ1v) is 31.0. The summed E-state index contributed by atoms with van der Waals surface area (Å²) in [4.78, 5) is 25.5. The number of allylic oxidation sites excluding steroid dienone is 2. The summed E-state index contributed by atoms with van der Waals surface area (Å²) in [5, 5.41) is 14.0. The maximum absolute atomic E-state index is 13.0. The molecule has 0 saturated carbocycles. The molecule has 0 rings (SSSR count). The van der Waals surface area contributed by atoms with Gasteiger partial charge in [-0.1, -0.05) is 270 Å². The molecule has 0 fully saturated rings. The molecule has 0 saturated heterocycles. The van der Waals surface area contributed by atoms with E-state index in [-0.39, 0.29) is 19.1 Å². The molecule has 0 aliphatic rings. The highest BCUT2D eigenvalue weighted by molar-refractivity contribution is 7.45. The number of aliphatic hydroxyl groups is 1. The number of nitrogens with zero attached hydrogens (tertiary/aromatic N) is 1. The lowest BCUT2D eigenvalue weighted by atomic mass is 10.0. The molecule has 3 unspecified atom stereocenters. The number of carbonyl (C=O) groups excluding carboxylic acids is 1. The summed E-state index contributed by atoms with van der Waals surface area (Å²) < 4.78 is 23.4. The Morgan fingerprint density at radius 2 is 0.821 bits per heavy atom. The van der Waals surface area contributed by atoms with Crippen molar-refractivity contribution in [1.82, 2.24) is 5.32 Å². The van der Waals surface area contributed by atoms with Gasteiger partial charge in [-0.15, -0.1) is 0 Å². The second-order valence-electron chi connectivity index (χ2n) is 21.7. The SMILES string of the molecule is CCCCCCCCCC/C=C\CCCCCCCCCCCCCCCCCCCCCC(=O)NC(COP(=O)([O-])OCC[N+](C)(C)C)C(O)CCCCCCCCCCCCCCCC. The predicted molar refractivity (Wildman–Crippen MR) is 289 cm³/mol. The summed E-state index contributed by atoms with van der Waals surface area (Å²) in [6, 6.07) is -0.796. The standard InChI is InChI=1S/C58H117N2O6P/c1-6-8-10-12-14-16-18-20-22-23-24-25-26-27-28-29-30-31-32-33-34-35-36-37-38-40-42-44-46-48-50-52-58(62)59-56(55-66-67(63,64)65-54-53-60(3,4)5)57(61)51-49-47-45-43-41-39-21-19-17-15-13-11-9-7-2/h23-24,56-57,61H,6-22,25-55H2,1-5H3,(H-,59,62,63,64)/b24-23-. The molecule has 3 atom stereocenters. The van der Waals surface area contributed by atoms with Crippen LogP contribution in [-0.4, -0.2) is 68.5 Å². The fraction of sp³-hybridized carbons (Fsp3) is 0.948. The molecule has 0 aliphatic heterocycles. The fourth-order valence-electron chi connectivity index (χ4n) is 9.10. The highest BCUT2D eigenvalue weighted by atomic mass is 31.2. The van der Waals surface area contributed by atoms with Gasteiger partial charge in [-0.2, -0.15) is 0 Å². The van der Waals surface area contributed by atoms with Crippen molar-refractivity contribution in [3.63, 3.8) is 0 Å². The number of nitrogens with one attached hydrogen (secondary N) is 1. The van der Waals surface area contributed by atoms with Gasteiger partial charge in [-0.3, -0.25) is 9.36 Å². The Bertz CT molecular complexity index is 1100. The molecule has 8 nitrogen and oxygen atoms in total. The first-order valence-electron chi connectivity index (χ1n) is 29.5. The van der Waals surface area contributed by atoms with Crippen LogP contribution in [-0.2, 0) is 18.4 Å². The third-order valence-electron chi connectivity index (χ3n) is 13.8. The Labute approximate surface area is 418 Å². The fourth-order valence-corrected chi connectivity index (χ4v) is 9.82. The number of hydrogen-bond donors (Lipinski definition) is 2. The topological polar surface area (TPSA) is 108 Å². The molecule has 0 aromatic carbocycles. The number of rotatable bonds is 55. The van der Waals surface area contributed by atoms with Crippen molar-refractivity contribution in [2.24, 2.45) is 0 Å². The quantitative estimate of drug-likeness (QED) is 0.0272. The molecule has 400 valence electrons. The first-order chi connectivity index (χ1) is 32.5. The molecule has 67 heavy (non-hydrogen) atoms. The molecule has 1 amide bonds. The van der Waals surface area contributed by atoms with E-state index in [0.717, 1.165) is 38.5 Å². The highest BCUT2D eigenvalue weighted by Gasteiger charge is 2.24. The van der Waals surface area contributed by atoms with E-state index in [9.17, 15) is 19.4 Å². The van der Waals surface area contributed by atoms with Gasteiger partial charge in [0.2, 0.25) is 5.91 Å². The average molecular weight is 970 g/mol. The minimum Gasteiger partial charge on any atom is -0.756 e. The molecule has 2 N–H and O–H groups in total. The van der Waals surface area contributed by atoms with Crippen molar-refractivity contribution >= 4 is 13.7 Å². The van der Waals surface area contributed by atoms with Gasteiger partial charge in [0.05, 0.1) is 39.9 Å². The summed E-state index contributed by atoms with van der Waals surface area (Å²) >= 11 is 0. The summed E-state index contributed by atoms with van der Waals surface area (Å²) in [6.07, 6.45) is 61.1. The second kappa shape index (κ2) is 50.2. The van der Waals surface area contributed by atoms with Crippen LogP contribution in [0.15, 0.2) is 12.2 Å². The zero-order valence-corrected chi connectivity index (χ0v) is 46.5. The monoisotopic (exact) mass is 969 g/mol. The number of amides is 1. The molecule has 0 spiro atoms. The molecule has 0 aromatic rings. The Balaban J connectivity index is 3.98. The van der Waals surface area contributed by atoms with Gasteiger partial charge < -0.3 is 28.8 Å². The Kier molecular flexibility index (Phi) is 49.6. The van der Waals surface area contributed by atoms with Crippen molar-refractivity contribution in [2.45, 2.75) is 315 Å². The van der Waals surface area contributed by atoms with E-state index in [1.807, 2.05) is 21.1 Å². The Hall–Kier alpha value is -0.760. The van der Waals surface area contributed by atoms with E-state index in [2.05, 4.69) is 31.3 Å². The minimum absolute atomic E-state index is 0.0154. The van der Waals surface area contributed by atoms with Crippen LogP contribution in [0.3, 0.4) is 0 Å². The highest BCUT2D eigenvalue weighted by Crippen LogP contribution is 2.38. The normalized spacial score (nSPS) is 14.0.